The molecule has 1 N–H and O–H groups in total. The molecule has 0 unspecified atom stereocenters. The number of hydrogen-bond donors (Lipinski definition) is 1. The molecule has 0 aliphatic rings. The number of aryl methyl sites for hydroxylation is 1. The molecule has 0 aliphatic heterocycles. The van der Waals surface area contributed by atoms with Crippen LogP contribution in [0, 0.1) is 0 Å². The molecule has 5 rings (SSSR count). The standard InChI is InChI=1S/C22H18N6/c1-23-22-18-11-15(14-6-8-20-17(10-14)13-25-28(20)2)5-7-19(18)26-21(27-22)16-4-3-9-24-12-16/h3-13H,1-2H3,(H,23,26,27). The quantitative estimate of drug-likeness (QED) is 0.516. The van der Waals surface area contributed by atoms with Crippen molar-refractivity contribution in [3.8, 4) is 22.5 Å². The maximum atomic E-state index is 4.74. The Bertz CT molecular complexity index is 1310. The Balaban J connectivity index is 1.65. The van der Waals surface area contributed by atoms with Crippen molar-refractivity contribution in [3.63, 3.8) is 0 Å². The third-order valence-electron chi connectivity index (χ3n) is 4.93. The second-order valence-electron chi connectivity index (χ2n) is 6.66. The van der Waals surface area contributed by atoms with E-state index >= 15 is 0 Å². The van der Waals surface area contributed by atoms with Gasteiger partial charge in [0.1, 0.15) is 5.82 Å². The Kier molecular flexibility index (Phi) is 3.76. The summed E-state index contributed by atoms with van der Waals surface area (Å²) >= 11 is 0. The van der Waals surface area contributed by atoms with Crippen molar-refractivity contribution in [2.24, 2.45) is 7.05 Å². The lowest BCUT2D eigenvalue weighted by atomic mass is 10.0. The van der Waals surface area contributed by atoms with Gasteiger partial charge in [0.2, 0.25) is 0 Å². The zero-order chi connectivity index (χ0) is 19.1. The van der Waals surface area contributed by atoms with E-state index in [1.807, 2.05) is 43.2 Å². The summed E-state index contributed by atoms with van der Waals surface area (Å²) in [5.74, 6) is 1.46. The first-order valence-electron chi connectivity index (χ1n) is 9.05. The molecule has 0 spiro atoms. The van der Waals surface area contributed by atoms with Crippen LogP contribution in [-0.2, 0) is 7.05 Å². The highest BCUT2D eigenvalue weighted by molar-refractivity contribution is 5.95. The van der Waals surface area contributed by atoms with Gasteiger partial charge >= 0.3 is 0 Å². The molecule has 0 bridgehead atoms. The average Bonchev–Trinajstić information content (AvgIpc) is 3.13. The van der Waals surface area contributed by atoms with Gasteiger partial charge in [-0.05, 0) is 47.5 Å². The fourth-order valence-corrected chi connectivity index (χ4v) is 3.47. The van der Waals surface area contributed by atoms with Crippen molar-refractivity contribution >= 4 is 27.6 Å². The summed E-state index contributed by atoms with van der Waals surface area (Å²) in [6, 6.07) is 16.5. The number of pyridine rings is 1. The highest BCUT2D eigenvalue weighted by Crippen LogP contribution is 2.30. The van der Waals surface area contributed by atoms with Crippen molar-refractivity contribution in [2.75, 3.05) is 12.4 Å². The van der Waals surface area contributed by atoms with Crippen molar-refractivity contribution in [1.82, 2.24) is 24.7 Å². The molecule has 3 aromatic heterocycles. The number of hydrogen-bond acceptors (Lipinski definition) is 5. The van der Waals surface area contributed by atoms with Gasteiger partial charge in [-0.15, -0.1) is 0 Å². The van der Waals surface area contributed by atoms with Crippen LogP contribution < -0.4 is 5.32 Å². The van der Waals surface area contributed by atoms with Crippen molar-refractivity contribution in [3.05, 3.63) is 67.1 Å². The van der Waals surface area contributed by atoms with Gasteiger partial charge in [0.05, 0.1) is 17.2 Å². The summed E-state index contributed by atoms with van der Waals surface area (Å²) in [7, 11) is 3.83. The Hall–Kier alpha value is -3.80. The van der Waals surface area contributed by atoms with Gasteiger partial charge in [-0.2, -0.15) is 5.10 Å². The molecule has 0 atom stereocenters. The van der Waals surface area contributed by atoms with Crippen LogP contribution in [0.1, 0.15) is 0 Å². The van der Waals surface area contributed by atoms with Crippen LogP contribution in [0.15, 0.2) is 67.1 Å². The van der Waals surface area contributed by atoms with Crippen LogP contribution >= 0.6 is 0 Å². The Morgan fingerprint density at radius 1 is 0.893 bits per heavy atom. The minimum absolute atomic E-state index is 0.662. The number of nitrogens with zero attached hydrogens (tertiary/aromatic N) is 5. The number of anilines is 1. The van der Waals surface area contributed by atoms with Crippen LogP contribution in [0.25, 0.3) is 44.3 Å². The van der Waals surface area contributed by atoms with Gasteiger partial charge in [0, 0.05) is 42.8 Å². The van der Waals surface area contributed by atoms with Crippen LogP contribution in [0.2, 0.25) is 0 Å². The van der Waals surface area contributed by atoms with Gasteiger partial charge in [-0.1, -0.05) is 12.1 Å². The molecule has 5 aromatic rings. The lowest BCUT2D eigenvalue weighted by Gasteiger charge is -2.10. The lowest BCUT2D eigenvalue weighted by molar-refractivity contribution is 0.797. The number of nitrogens with one attached hydrogen (secondary N) is 1. The molecule has 0 radical (unpaired) electrons. The molecule has 0 amide bonds. The Morgan fingerprint density at radius 3 is 2.57 bits per heavy atom. The molecule has 0 saturated carbocycles. The molecule has 136 valence electrons. The average molecular weight is 366 g/mol. The van der Waals surface area contributed by atoms with E-state index in [0.29, 0.717) is 5.82 Å². The first kappa shape index (κ1) is 16.4. The van der Waals surface area contributed by atoms with Gasteiger partial charge in [-0.3, -0.25) is 9.67 Å². The van der Waals surface area contributed by atoms with Crippen LogP contribution in [0.3, 0.4) is 0 Å². The highest BCUT2D eigenvalue weighted by atomic mass is 15.2. The second-order valence-corrected chi connectivity index (χ2v) is 6.66. The van der Waals surface area contributed by atoms with Crippen molar-refractivity contribution < 1.29 is 0 Å². The molecule has 2 aromatic carbocycles. The molecule has 0 fully saturated rings. The predicted molar refractivity (Wildman–Crippen MR) is 112 cm³/mol. The number of aromatic nitrogens is 5. The van der Waals surface area contributed by atoms with Crippen LogP contribution in [0.4, 0.5) is 5.82 Å². The van der Waals surface area contributed by atoms with E-state index < -0.39 is 0 Å². The first-order chi connectivity index (χ1) is 13.7. The third-order valence-corrected chi connectivity index (χ3v) is 4.93. The minimum atomic E-state index is 0.662. The Morgan fingerprint density at radius 2 is 1.75 bits per heavy atom. The molecule has 0 saturated heterocycles. The second kappa shape index (κ2) is 6.42. The normalized spacial score (nSPS) is 11.2. The third kappa shape index (κ3) is 2.66. The smallest absolute Gasteiger partial charge is 0.163 e. The zero-order valence-electron chi connectivity index (χ0n) is 15.6. The fourth-order valence-electron chi connectivity index (χ4n) is 3.47. The largest absolute Gasteiger partial charge is 0.373 e. The molecular weight excluding hydrogens is 348 g/mol. The summed E-state index contributed by atoms with van der Waals surface area (Å²) in [6.45, 7) is 0. The summed E-state index contributed by atoms with van der Waals surface area (Å²) in [5, 5.41) is 9.64. The first-order valence-corrected chi connectivity index (χ1v) is 9.05. The molecule has 6 heteroatoms. The summed E-state index contributed by atoms with van der Waals surface area (Å²) in [4.78, 5) is 13.6. The molecular formula is C22H18N6. The monoisotopic (exact) mass is 366 g/mol. The number of rotatable bonds is 3. The van der Waals surface area contributed by atoms with E-state index in [9.17, 15) is 0 Å². The highest BCUT2D eigenvalue weighted by Gasteiger charge is 2.11. The zero-order valence-corrected chi connectivity index (χ0v) is 15.6. The van der Waals surface area contributed by atoms with Gasteiger partial charge in [-0.25, -0.2) is 9.97 Å². The Labute approximate surface area is 161 Å². The number of benzene rings is 2. The van der Waals surface area contributed by atoms with Crippen molar-refractivity contribution in [2.45, 2.75) is 0 Å². The van der Waals surface area contributed by atoms with E-state index in [1.54, 1.807) is 12.4 Å². The molecule has 3 heterocycles. The van der Waals surface area contributed by atoms with Crippen LogP contribution in [-0.4, -0.2) is 31.8 Å². The lowest BCUT2D eigenvalue weighted by Crippen LogP contribution is -1.99. The van der Waals surface area contributed by atoms with E-state index in [-0.39, 0.29) is 0 Å². The summed E-state index contributed by atoms with van der Waals surface area (Å²) in [6.07, 6.45) is 5.41. The van der Waals surface area contributed by atoms with Crippen molar-refractivity contribution in [1.29, 1.82) is 0 Å². The van der Waals surface area contributed by atoms with Gasteiger partial charge in [0.25, 0.3) is 0 Å². The molecule has 28 heavy (non-hydrogen) atoms. The maximum absolute atomic E-state index is 4.74. The summed E-state index contributed by atoms with van der Waals surface area (Å²) in [5.41, 5.74) is 5.16. The van der Waals surface area contributed by atoms with Gasteiger partial charge in [0.15, 0.2) is 5.82 Å². The number of fused-ring (bicyclic) bond motifs is 2. The van der Waals surface area contributed by atoms with E-state index in [1.165, 1.54) is 0 Å². The predicted octanol–water partition coefficient (Wildman–Crippen LogP) is 4.29. The van der Waals surface area contributed by atoms with E-state index in [0.717, 1.165) is 44.3 Å². The minimum Gasteiger partial charge on any atom is -0.373 e. The van der Waals surface area contributed by atoms with Crippen LogP contribution in [0.5, 0.6) is 0 Å². The van der Waals surface area contributed by atoms with Gasteiger partial charge < -0.3 is 5.32 Å². The SMILES string of the molecule is CNc1nc(-c2cccnc2)nc2ccc(-c3ccc4c(cnn4C)c3)cc12. The fraction of sp³-hybridized carbons (Fsp3) is 0.0909. The molecule has 0 aliphatic carbocycles. The van der Waals surface area contributed by atoms with E-state index in [2.05, 4.69) is 45.7 Å². The molecule has 6 nitrogen and oxygen atoms in total. The summed E-state index contributed by atoms with van der Waals surface area (Å²) < 4.78 is 1.88. The maximum Gasteiger partial charge on any atom is 0.163 e. The van der Waals surface area contributed by atoms with E-state index in [4.69, 9.17) is 9.97 Å². The topological polar surface area (TPSA) is 68.5 Å².